The average Bonchev–Trinajstić information content (AvgIpc) is 2.61. The third-order valence-electron chi connectivity index (χ3n) is 5.43. The summed E-state index contributed by atoms with van der Waals surface area (Å²) in [4.78, 5) is 0. The number of aryl methyl sites for hydroxylation is 3. The maximum absolute atomic E-state index is 13.3. The number of halogens is 1. The van der Waals surface area contributed by atoms with Crippen LogP contribution in [0.3, 0.4) is 0 Å². The van der Waals surface area contributed by atoms with E-state index in [2.05, 4.69) is 31.2 Å². The molecule has 0 bridgehead atoms. The summed E-state index contributed by atoms with van der Waals surface area (Å²) in [5.41, 5.74) is 5.52. The largest absolute Gasteiger partial charge is 0.207 e. The molecule has 0 saturated heterocycles. The van der Waals surface area contributed by atoms with Crippen LogP contribution in [0.1, 0.15) is 61.3 Å². The van der Waals surface area contributed by atoms with Crippen LogP contribution in [0, 0.1) is 11.7 Å². The zero-order valence-corrected chi connectivity index (χ0v) is 14.9. The van der Waals surface area contributed by atoms with Crippen molar-refractivity contribution in [2.45, 2.75) is 64.7 Å². The Morgan fingerprint density at radius 3 is 2.42 bits per heavy atom. The molecule has 0 saturated carbocycles. The predicted molar refractivity (Wildman–Crippen MR) is 99.9 cm³/mol. The molecule has 0 radical (unpaired) electrons. The molecule has 128 valence electrons. The molecule has 0 nitrogen and oxygen atoms in total. The van der Waals surface area contributed by atoms with Crippen molar-refractivity contribution in [3.05, 3.63) is 70.5 Å². The molecule has 0 heterocycles. The molecule has 0 fully saturated rings. The van der Waals surface area contributed by atoms with Crippen LogP contribution < -0.4 is 0 Å². The van der Waals surface area contributed by atoms with E-state index in [1.807, 2.05) is 6.07 Å². The van der Waals surface area contributed by atoms with Gasteiger partial charge in [-0.3, -0.25) is 0 Å². The van der Waals surface area contributed by atoms with Crippen LogP contribution in [0.15, 0.2) is 42.5 Å². The van der Waals surface area contributed by atoms with Gasteiger partial charge >= 0.3 is 0 Å². The first-order chi connectivity index (χ1) is 11.7. The number of hydrogen-bond acceptors (Lipinski definition) is 0. The fourth-order valence-electron chi connectivity index (χ4n) is 3.87. The second kappa shape index (κ2) is 8.46. The highest BCUT2D eigenvalue weighted by Gasteiger charge is 2.18. The minimum absolute atomic E-state index is 0.0915. The van der Waals surface area contributed by atoms with E-state index in [9.17, 15) is 4.39 Å². The minimum Gasteiger partial charge on any atom is -0.207 e. The van der Waals surface area contributed by atoms with Gasteiger partial charge in [0.15, 0.2) is 0 Å². The zero-order valence-electron chi connectivity index (χ0n) is 14.9. The standard InChI is InChI=1S/C23H29F/c1-2-3-4-5-18-6-8-19(9-7-18)10-11-20-12-13-22-17-23(24)15-14-21(22)16-20/h6-9,14-15,17,20H,2-5,10-13,16H2,1H3. The lowest BCUT2D eigenvalue weighted by atomic mass is 9.81. The summed E-state index contributed by atoms with van der Waals surface area (Å²) in [6.07, 6.45) is 10.9. The van der Waals surface area contributed by atoms with E-state index in [1.54, 1.807) is 12.1 Å². The maximum atomic E-state index is 13.3. The van der Waals surface area contributed by atoms with Gasteiger partial charge in [0.1, 0.15) is 5.82 Å². The molecule has 0 amide bonds. The highest BCUT2D eigenvalue weighted by Crippen LogP contribution is 2.29. The summed E-state index contributed by atoms with van der Waals surface area (Å²) >= 11 is 0. The van der Waals surface area contributed by atoms with E-state index >= 15 is 0 Å². The third-order valence-corrected chi connectivity index (χ3v) is 5.43. The second-order valence-electron chi connectivity index (χ2n) is 7.33. The molecule has 0 N–H and O–H groups in total. The van der Waals surface area contributed by atoms with E-state index in [1.165, 1.54) is 60.8 Å². The summed E-state index contributed by atoms with van der Waals surface area (Å²) in [7, 11) is 0. The first-order valence-corrected chi connectivity index (χ1v) is 9.59. The Hall–Kier alpha value is -1.63. The predicted octanol–water partition coefficient (Wildman–Crippen LogP) is 6.30. The highest BCUT2D eigenvalue weighted by atomic mass is 19.1. The molecular formula is C23H29F. The number of unbranched alkanes of at least 4 members (excludes halogenated alkanes) is 2. The number of fused-ring (bicyclic) bond motifs is 1. The SMILES string of the molecule is CCCCCc1ccc(CCC2CCc3cc(F)ccc3C2)cc1. The summed E-state index contributed by atoms with van der Waals surface area (Å²) in [6.45, 7) is 2.25. The van der Waals surface area contributed by atoms with Crippen molar-refractivity contribution in [2.75, 3.05) is 0 Å². The van der Waals surface area contributed by atoms with Crippen LogP contribution in [-0.4, -0.2) is 0 Å². The van der Waals surface area contributed by atoms with Gasteiger partial charge in [-0.25, -0.2) is 4.39 Å². The van der Waals surface area contributed by atoms with Crippen LogP contribution >= 0.6 is 0 Å². The van der Waals surface area contributed by atoms with Gasteiger partial charge in [-0.15, -0.1) is 0 Å². The fourth-order valence-corrected chi connectivity index (χ4v) is 3.87. The monoisotopic (exact) mass is 324 g/mol. The molecule has 1 aliphatic carbocycles. The third kappa shape index (κ3) is 4.69. The molecular weight excluding hydrogens is 295 g/mol. The molecule has 1 heteroatoms. The van der Waals surface area contributed by atoms with Gasteiger partial charge in [-0.2, -0.15) is 0 Å². The number of hydrogen-bond donors (Lipinski definition) is 0. The topological polar surface area (TPSA) is 0 Å². The van der Waals surface area contributed by atoms with Crippen molar-refractivity contribution in [1.29, 1.82) is 0 Å². The molecule has 2 aromatic rings. The lowest BCUT2D eigenvalue weighted by Crippen LogP contribution is -2.15. The number of benzene rings is 2. The Morgan fingerprint density at radius 2 is 1.67 bits per heavy atom. The first-order valence-electron chi connectivity index (χ1n) is 9.59. The number of rotatable bonds is 7. The molecule has 1 atom stereocenters. The minimum atomic E-state index is -0.0915. The Morgan fingerprint density at radius 1 is 0.917 bits per heavy atom. The van der Waals surface area contributed by atoms with Crippen molar-refractivity contribution < 1.29 is 4.39 Å². The van der Waals surface area contributed by atoms with Gasteiger partial charge in [0.25, 0.3) is 0 Å². The van der Waals surface area contributed by atoms with E-state index < -0.39 is 0 Å². The average molecular weight is 324 g/mol. The lowest BCUT2D eigenvalue weighted by Gasteiger charge is -2.24. The van der Waals surface area contributed by atoms with Crippen molar-refractivity contribution in [2.24, 2.45) is 5.92 Å². The van der Waals surface area contributed by atoms with Gasteiger partial charge in [0, 0.05) is 0 Å². The molecule has 0 aliphatic heterocycles. The molecule has 2 aromatic carbocycles. The van der Waals surface area contributed by atoms with Crippen molar-refractivity contribution >= 4 is 0 Å². The van der Waals surface area contributed by atoms with E-state index in [0.717, 1.165) is 25.2 Å². The van der Waals surface area contributed by atoms with Crippen LogP contribution in [0.25, 0.3) is 0 Å². The van der Waals surface area contributed by atoms with E-state index in [4.69, 9.17) is 0 Å². The molecule has 0 aromatic heterocycles. The highest BCUT2D eigenvalue weighted by molar-refractivity contribution is 5.30. The summed E-state index contributed by atoms with van der Waals surface area (Å²) in [5, 5.41) is 0. The van der Waals surface area contributed by atoms with Crippen molar-refractivity contribution in [3.63, 3.8) is 0 Å². The van der Waals surface area contributed by atoms with Gasteiger partial charge in [0.05, 0.1) is 0 Å². The fraction of sp³-hybridized carbons (Fsp3) is 0.478. The summed E-state index contributed by atoms with van der Waals surface area (Å²) < 4.78 is 13.3. The van der Waals surface area contributed by atoms with Crippen molar-refractivity contribution in [3.8, 4) is 0 Å². The van der Waals surface area contributed by atoms with E-state index in [0.29, 0.717) is 0 Å². The maximum Gasteiger partial charge on any atom is 0.123 e. The Labute approximate surface area is 146 Å². The molecule has 0 spiro atoms. The lowest BCUT2D eigenvalue weighted by molar-refractivity contribution is 0.426. The van der Waals surface area contributed by atoms with Crippen LogP contribution in [0.5, 0.6) is 0 Å². The van der Waals surface area contributed by atoms with Crippen molar-refractivity contribution in [1.82, 2.24) is 0 Å². The van der Waals surface area contributed by atoms with Crippen LogP contribution in [0.2, 0.25) is 0 Å². The Balaban J connectivity index is 1.48. The van der Waals surface area contributed by atoms with E-state index in [-0.39, 0.29) is 5.82 Å². The normalized spacial score (nSPS) is 16.8. The van der Waals surface area contributed by atoms with Crippen LogP contribution in [0.4, 0.5) is 4.39 Å². The zero-order chi connectivity index (χ0) is 16.8. The quantitative estimate of drug-likeness (QED) is 0.525. The molecule has 3 rings (SSSR count). The van der Waals surface area contributed by atoms with Gasteiger partial charge < -0.3 is 0 Å². The van der Waals surface area contributed by atoms with Crippen LogP contribution in [-0.2, 0) is 25.7 Å². The molecule has 1 unspecified atom stereocenters. The van der Waals surface area contributed by atoms with Gasteiger partial charge in [-0.05, 0) is 85.3 Å². The molecule has 1 aliphatic rings. The Kier molecular flexibility index (Phi) is 6.07. The van der Waals surface area contributed by atoms with Gasteiger partial charge in [0.2, 0.25) is 0 Å². The molecule has 24 heavy (non-hydrogen) atoms. The first kappa shape index (κ1) is 17.2. The van der Waals surface area contributed by atoms with Gasteiger partial charge in [-0.1, -0.05) is 50.1 Å². The summed E-state index contributed by atoms with van der Waals surface area (Å²) in [6, 6.07) is 14.6. The summed E-state index contributed by atoms with van der Waals surface area (Å²) in [5.74, 6) is 0.651. The Bertz CT molecular complexity index is 642. The second-order valence-corrected chi connectivity index (χ2v) is 7.33. The smallest absolute Gasteiger partial charge is 0.123 e.